The fraction of sp³-hybridized carbons (Fsp3) is 0.562. The Balaban J connectivity index is 1.83. The van der Waals surface area contributed by atoms with Crippen LogP contribution in [0.3, 0.4) is 0 Å². The van der Waals surface area contributed by atoms with Crippen LogP contribution in [0.2, 0.25) is 0 Å². The number of aliphatic hydroxyl groups is 1. The van der Waals surface area contributed by atoms with Crippen LogP contribution in [0.25, 0.3) is 0 Å². The first-order chi connectivity index (χ1) is 9.63. The zero-order chi connectivity index (χ0) is 14.4. The summed E-state index contributed by atoms with van der Waals surface area (Å²) >= 11 is 0. The van der Waals surface area contributed by atoms with Crippen molar-refractivity contribution in [1.82, 2.24) is 5.32 Å². The first-order valence-electron chi connectivity index (χ1n) is 7.34. The van der Waals surface area contributed by atoms with Crippen LogP contribution in [0.5, 0.6) is 0 Å². The maximum Gasteiger partial charge on any atom is 0.239 e. The average Bonchev–Trinajstić information content (AvgIpc) is 2.49. The first kappa shape index (κ1) is 14.9. The van der Waals surface area contributed by atoms with Crippen LogP contribution in [0.15, 0.2) is 30.3 Å². The van der Waals surface area contributed by atoms with E-state index in [2.05, 4.69) is 17.6 Å². The van der Waals surface area contributed by atoms with Gasteiger partial charge in [0.1, 0.15) is 0 Å². The smallest absolute Gasteiger partial charge is 0.239 e. The molecule has 0 saturated heterocycles. The van der Waals surface area contributed by atoms with Crippen molar-refractivity contribution < 1.29 is 9.90 Å². The summed E-state index contributed by atoms with van der Waals surface area (Å²) < 4.78 is 0. The van der Waals surface area contributed by atoms with Gasteiger partial charge in [0.15, 0.2) is 0 Å². The molecule has 4 nitrogen and oxygen atoms in total. The van der Waals surface area contributed by atoms with E-state index in [0.717, 1.165) is 31.4 Å². The summed E-state index contributed by atoms with van der Waals surface area (Å²) in [5.41, 5.74) is 0.514. The maximum absolute atomic E-state index is 12.0. The Morgan fingerprint density at radius 3 is 2.55 bits per heavy atom. The topological polar surface area (TPSA) is 61.4 Å². The van der Waals surface area contributed by atoms with Crippen LogP contribution in [0.4, 0.5) is 5.69 Å². The van der Waals surface area contributed by atoms with Crippen molar-refractivity contribution in [2.75, 3.05) is 18.5 Å². The second kappa shape index (κ2) is 6.75. The van der Waals surface area contributed by atoms with E-state index in [4.69, 9.17) is 0 Å². The standard InChI is InChI=1S/C16H24N2O2/c1-13-7-9-16(12-19,10-8-13)18-15(20)11-17-14-5-3-2-4-6-14/h2-6,13,17,19H,7-12H2,1H3,(H,18,20). The van der Waals surface area contributed by atoms with Crippen molar-refractivity contribution in [1.29, 1.82) is 0 Å². The largest absolute Gasteiger partial charge is 0.394 e. The van der Waals surface area contributed by atoms with Crippen LogP contribution in [-0.2, 0) is 4.79 Å². The van der Waals surface area contributed by atoms with Gasteiger partial charge in [0.05, 0.1) is 18.7 Å². The molecule has 0 aliphatic heterocycles. The number of carbonyl (C=O) groups is 1. The molecule has 1 aromatic carbocycles. The lowest BCUT2D eigenvalue weighted by Crippen LogP contribution is -2.54. The van der Waals surface area contributed by atoms with E-state index in [1.165, 1.54) is 0 Å². The molecule has 4 heteroatoms. The monoisotopic (exact) mass is 276 g/mol. The highest BCUT2D eigenvalue weighted by molar-refractivity contribution is 5.81. The molecular weight excluding hydrogens is 252 g/mol. The minimum atomic E-state index is -0.415. The summed E-state index contributed by atoms with van der Waals surface area (Å²) in [5.74, 6) is 0.631. The van der Waals surface area contributed by atoms with Gasteiger partial charge in [0, 0.05) is 5.69 Å². The summed E-state index contributed by atoms with van der Waals surface area (Å²) in [6, 6.07) is 9.65. The molecule has 1 saturated carbocycles. The Bertz CT molecular complexity index is 425. The third-order valence-corrected chi connectivity index (χ3v) is 4.17. The lowest BCUT2D eigenvalue weighted by atomic mass is 9.77. The van der Waals surface area contributed by atoms with E-state index in [-0.39, 0.29) is 19.1 Å². The van der Waals surface area contributed by atoms with E-state index in [0.29, 0.717) is 5.92 Å². The minimum Gasteiger partial charge on any atom is -0.394 e. The average molecular weight is 276 g/mol. The van der Waals surface area contributed by atoms with Gasteiger partial charge in [-0.25, -0.2) is 0 Å². The molecule has 1 amide bonds. The van der Waals surface area contributed by atoms with Crippen molar-refractivity contribution in [3.63, 3.8) is 0 Å². The molecule has 1 fully saturated rings. The molecule has 1 aliphatic carbocycles. The normalized spacial score (nSPS) is 26.0. The van der Waals surface area contributed by atoms with Crippen LogP contribution in [0, 0.1) is 5.92 Å². The number of benzene rings is 1. The van der Waals surface area contributed by atoms with E-state index in [1.807, 2.05) is 30.3 Å². The Labute approximate surface area is 120 Å². The molecule has 0 aromatic heterocycles. The number of hydrogen-bond acceptors (Lipinski definition) is 3. The summed E-state index contributed by atoms with van der Waals surface area (Å²) in [5, 5.41) is 15.7. The molecule has 0 bridgehead atoms. The first-order valence-corrected chi connectivity index (χ1v) is 7.34. The molecule has 110 valence electrons. The van der Waals surface area contributed by atoms with E-state index in [1.54, 1.807) is 0 Å². The molecule has 0 heterocycles. The Kier molecular flexibility index (Phi) is 5.01. The highest BCUT2D eigenvalue weighted by atomic mass is 16.3. The Morgan fingerprint density at radius 1 is 1.30 bits per heavy atom. The number of anilines is 1. The van der Waals surface area contributed by atoms with E-state index in [9.17, 15) is 9.90 Å². The zero-order valence-corrected chi connectivity index (χ0v) is 12.1. The predicted octanol–water partition coefficient (Wildman–Crippen LogP) is 2.16. The molecule has 20 heavy (non-hydrogen) atoms. The number of para-hydroxylation sites is 1. The van der Waals surface area contributed by atoms with Crippen LogP contribution < -0.4 is 10.6 Å². The van der Waals surface area contributed by atoms with Gasteiger partial charge in [0.25, 0.3) is 0 Å². The maximum atomic E-state index is 12.0. The van der Waals surface area contributed by atoms with E-state index >= 15 is 0 Å². The van der Waals surface area contributed by atoms with Gasteiger partial charge in [-0.05, 0) is 43.7 Å². The number of carbonyl (C=O) groups excluding carboxylic acids is 1. The SMILES string of the molecule is CC1CCC(CO)(NC(=O)CNc2ccccc2)CC1. The third-order valence-electron chi connectivity index (χ3n) is 4.17. The van der Waals surface area contributed by atoms with Crippen molar-refractivity contribution in [2.24, 2.45) is 5.92 Å². The number of amides is 1. The fourth-order valence-corrected chi connectivity index (χ4v) is 2.72. The summed E-state index contributed by atoms with van der Waals surface area (Å²) in [7, 11) is 0. The van der Waals surface area contributed by atoms with Gasteiger partial charge in [-0.1, -0.05) is 25.1 Å². The summed E-state index contributed by atoms with van der Waals surface area (Å²) in [4.78, 5) is 12.0. The Morgan fingerprint density at radius 2 is 1.95 bits per heavy atom. The molecule has 0 unspecified atom stereocenters. The van der Waals surface area contributed by atoms with Gasteiger partial charge < -0.3 is 15.7 Å². The molecule has 0 radical (unpaired) electrons. The molecule has 2 rings (SSSR count). The summed E-state index contributed by atoms with van der Waals surface area (Å²) in [6.45, 7) is 2.48. The minimum absolute atomic E-state index is 0.0246. The molecular formula is C16H24N2O2. The molecule has 0 spiro atoms. The van der Waals surface area contributed by atoms with Gasteiger partial charge >= 0.3 is 0 Å². The van der Waals surface area contributed by atoms with Crippen molar-refractivity contribution in [3.05, 3.63) is 30.3 Å². The number of rotatable bonds is 5. The highest BCUT2D eigenvalue weighted by Gasteiger charge is 2.34. The quantitative estimate of drug-likeness (QED) is 0.772. The molecule has 1 aromatic rings. The van der Waals surface area contributed by atoms with Crippen LogP contribution >= 0.6 is 0 Å². The van der Waals surface area contributed by atoms with Crippen LogP contribution in [0.1, 0.15) is 32.6 Å². The number of nitrogens with one attached hydrogen (secondary N) is 2. The zero-order valence-electron chi connectivity index (χ0n) is 12.1. The molecule has 0 atom stereocenters. The molecule has 1 aliphatic rings. The Hall–Kier alpha value is -1.55. The second-order valence-corrected chi connectivity index (χ2v) is 5.89. The molecule has 3 N–H and O–H groups in total. The van der Waals surface area contributed by atoms with Crippen molar-refractivity contribution in [2.45, 2.75) is 38.1 Å². The van der Waals surface area contributed by atoms with Crippen molar-refractivity contribution in [3.8, 4) is 0 Å². The lowest BCUT2D eigenvalue weighted by molar-refractivity contribution is -0.122. The number of aliphatic hydroxyl groups excluding tert-OH is 1. The summed E-state index contributed by atoms with van der Waals surface area (Å²) in [6.07, 6.45) is 3.85. The highest BCUT2D eigenvalue weighted by Crippen LogP contribution is 2.31. The lowest BCUT2D eigenvalue weighted by Gasteiger charge is -2.38. The van der Waals surface area contributed by atoms with Gasteiger partial charge in [0.2, 0.25) is 5.91 Å². The van der Waals surface area contributed by atoms with E-state index < -0.39 is 5.54 Å². The van der Waals surface area contributed by atoms with Gasteiger partial charge in [-0.3, -0.25) is 4.79 Å². The predicted molar refractivity (Wildman–Crippen MR) is 80.5 cm³/mol. The third kappa shape index (κ3) is 3.97. The fourth-order valence-electron chi connectivity index (χ4n) is 2.72. The second-order valence-electron chi connectivity index (χ2n) is 5.89. The van der Waals surface area contributed by atoms with Gasteiger partial charge in [-0.2, -0.15) is 0 Å². The number of hydrogen-bond donors (Lipinski definition) is 3. The van der Waals surface area contributed by atoms with Gasteiger partial charge in [-0.15, -0.1) is 0 Å². The van der Waals surface area contributed by atoms with Crippen molar-refractivity contribution >= 4 is 11.6 Å². The van der Waals surface area contributed by atoms with Crippen LogP contribution in [-0.4, -0.2) is 29.7 Å².